The number of hydrogen-bond donors (Lipinski definition) is 0. The van der Waals surface area contributed by atoms with Crippen molar-refractivity contribution in [2.75, 3.05) is 0 Å². The average Bonchev–Trinajstić information content (AvgIpc) is 2.73. The van der Waals surface area contributed by atoms with Crippen LogP contribution in [0.4, 0.5) is 0 Å². The second kappa shape index (κ2) is 6.14. The zero-order valence-corrected chi connectivity index (χ0v) is 12.5. The molecule has 2 nitrogen and oxygen atoms in total. The fourth-order valence-corrected chi connectivity index (χ4v) is 2.63. The summed E-state index contributed by atoms with van der Waals surface area (Å²) in [6, 6.07) is 8.50. The van der Waals surface area contributed by atoms with Gasteiger partial charge in [-0.1, -0.05) is 26.3 Å². The Bertz CT molecular complexity index is 527. The third-order valence-corrected chi connectivity index (χ3v) is 3.43. The predicted octanol–water partition coefficient (Wildman–Crippen LogP) is 4.86. The average molecular weight is 259 g/mol. The van der Waals surface area contributed by atoms with Crippen LogP contribution in [0, 0.1) is 5.92 Å². The molecule has 104 valence electrons. The van der Waals surface area contributed by atoms with Crippen molar-refractivity contribution < 1.29 is 4.74 Å². The third-order valence-electron chi connectivity index (χ3n) is 3.43. The van der Waals surface area contributed by atoms with Gasteiger partial charge in [0.25, 0.3) is 0 Å². The summed E-state index contributed by atoms with van der Waals surface area (Å²) in [5, 5.41) is 1.22. The lowest BCUT2D eigenvalue weighted by Gasteiger charge is -2.14. The summed E-state index contributed by atoms with van der Waals surface area (Å²) < 4.78 is 8.23. The van der Waals surface area contributed by atoms with Crippen LogP contribution in [0.25, 0.3) is 10.9 Å². The summed E-state index contributed by atoms with van der Waals surface area (Å²) in [5.74, 6) is 1.71. The molecule has 0 fully saturated rings. The lowest BCUT2D eigenvalue weighted by Crippen LogP contribution is -2.07. The second-order valence-corrected chi connectivity index (χ2v) is 5.72. The van der Waals surface area contributed by atoms with Crippen molar-refractivity contribution in [1.82, 2.24) is 4.57 Å². The number of benzene rings is 1. The number of aromatic nitrogens is 1. The number of rotatable bonds is 6. The van der Waals surface area contributed by atoms with Crippen molar-refractivity contribution in [3.63, 3.8) is 0 Å². The van der Waals surface area contributed by atoms with Crippen LogP contribution < -0.4 is 4.74 Å². The van der Waals surface area contributed by atoms with Gasteiger partial charge in [0.2, 0.25) is 0 Å². The molecule has 19 heavy (non-hydrogen) atoms. The van der Waals surface area contributed by atoms with E-state index in [1.54, 1.807) is 0 Å². The number of fused-ring (bicyclic) bond motifs is 1. The summed E-state index contributed by atoms with van der Waals surface area (Å²) in [7, 11) is 0. The molecule has 0 spiro atoms. The molecule has 0 aliphatic heterocycles. The van der Waals surface area contributed by atoms with E-state index in [-0.39, 0.29) is 6.10 Å². The predicted molar refractivity (Wildman–Crippen MR) is 81.8 cm³/mol. The van der Waals surface area contributed by atoms with E-state index in [9.17, 15) is 0 Å². The van der Waals surface area contributed by atoms with Gasteiger partial charge in [-0.15, -0.1) is 0 Å². The van der Waals surface area contributed by atoms with Crippen molar-refractivity contribution in [2.45, 2.75) is 53.2 Å². The van der Waals surface area contributed by atoms with Gasteiger partial charge in [-0.05, 0) is 44.4 Å². The van der Waals surface area contributed by atoms with Gasteiger partial charge in [0, 0.05) is 18.1 Å². The summed E-state index contributed by atoms with van der Waals surface area (Å²) in [6.07, 6.45) is 4.93. The molecular weight excluding hydrogens is 234 g/mol. The summed E-state index contributed by atoms with van der Waals surface area (Å²) >= 11 is 0. The number of hydrogen-bond acceptors (Lipinski definition) is 1. The van der Waals surface area contributed by atoms with E-state index in [0.717, 1.165) is 18.2 Å². The van der Waals surface area contributed by atoms with Crippen LogP contribution >= 0.6 is 0 Å². The van der Waals surface area contributed by atoms with E-state index in [1.165, 1.54) is 23.7 Å². The Morgan fingerprint density at radius 1 is 1.16 bits per heavy atom. The molecule has 2 aromatic rings. The van der Waals surface area contributed by atoms with Crippen LogP contribution in [0.5, 0.6) is 5.75 Å². The van der Waals surface area contributed by atoms with Crippen LogP contribution in [-0.2, 0) is 6.54 Å². The first-order valence-corrected chi connectivity index (χ1v) is 7.36. The molecule has 0 aliphatic carbocycles. The SMILES string of the molecule is CCCC(C)Cn1ccc2c(OC(C)C)cccc21. The number of ether oxygens (including phenoxy) is 1. The van der Waals surface area contributed by atoms with Crippen LogP contribution in [-0.4, -0.2) is 10.7 Å². The zero-order valence-electron chi connectivity index (χ0n) is 12.5. The third kappa shape index (κ3) is 3.31. The maximum absolute atomic E-state index is 5.88. The first-order chi connectivity index (χ1) is 9.11. The molecule has 0 saturated heterocycles. The smallest absolute Gasteiger partial charge is 0.129 e. The van der Waals surface area contributed by atoms with E-state index in [4.69, 9.17) is 4.74 Å². The number of nitrogens with zero attached hydrogens (tertiary/aromatic N) is 1. The summed E-state index contributed by atoms with van der Waals surface area (Å²) in [5.41, 5.74) is 1.28. The molecule has 0 saturated carbocycles. The van der Waals surface area contributed by atoms with Crippen LogP contribution in [0.1, 0.15) is 40.5 Å². The topological polar surface area (TPSA) is 14.2 Å². The van der Waals surface area contributed by atoms with E-state index in [2.05, 4.69) is 62.7 Å². The van der Waals surface area contributed by atoms with E-state index >= 15 is 0 Å². The molecule has 2 rings (SSSR count). The van der Waals surface area contributed by atoms with Gasteiger partial charge in [-0.3, -0.25) is 0 Å². The maximum Gasteiger partial charge on any atom is 0.129 e. The van der Waals surface area contributed by atoms with Crippen LogP contribution in [0.15, 0.2) is 30.5 Å². The van der Waals surface area contributed by atoms with Crippen molar-refractivity contribution in [3.05, 3.63) is 30.5 Å². The zero-order chi connectivity index (χ0) is 13.8. The summed E-state index contributed by atoms with van der Waals surface area (Å²) in [6.45, 7) is 9.80. The molecule has 0 N–H and O–H groups in total. The quantitative estimate of drug-likeness (QED) is 0.722. The van der Waals surface area contributed by atoms with Crippen molar-refractivity contribution in [2.24, 2.45) is 5.92 Å². The monoisotopic (exact) mass is 259 g/mol. The normalized spacial score (nSPS) is 13.1. The van der Waals surface area contributed by atoms with Gasteiger partial charge in [-0.2, -0.15) is 0 Å². The molecule has 1 aromatic heterocycles. The first kappa shape index (κ1) is 14.0. The molecule has 0 bridgehead atoms. The molecule has 1 atom stereocenters. The Kier molecular flexibility index (Phi) is 4.52. The lowest BCUT2D eigenvalue weighted by molar-refractivity contribution is 0.245. The van der Waals surface area contributed by atoms with E-state index < -0.39 is 0 Å². The fraction of sp³-hybridized carbons (Fsp3) is 0.529. The second-order valence-electron chi connectivity index (χ2n) is 5.72. The van der Waals surface area contributed by atoms with Crippen molar-refractivity contribution in [1.29, 1.82) is 0 Å². The van der Waals surface area contributed by atoms with Crippen LogP contribution in [0.2, 0.25) is 0 Å². The molecule has 1 heterocycles. The maximum atomic E-state index is 5.88. The standard InChI is InChI=1S/C17H25NO/c1-5-7-14(4)12-18-11-10-15-16(18)8-6-9-17(15)19-13(2)3/h6,8-11,13-14H,5,7,12H2,1-4H3. The molecule has 1 aromatic carbocycles. The summed E-state index contributed by atoms with van der Waals surface area (Å²) in [4.78, 5) is 0. The minimum Gasteiger partial charge on any atom is -0.490 e. The van der Waals surface area contributed by atoms with E-state index in [1.807, 2.05) is 0 Å². The highest BCUT2D eigenvalue weighted by Gasteiger charge is 2.09. The highest BCUT2D eigenvalue weighted by molar-refractivity contribution is 5.86. The molecule has 1 unspecified atom stereocenters. The van der Waals surface area contributed by atoms with Crippen molar-refractivity contribution >= 4 is 10.9 Å². The Morgan fingerprint density at radius 2 is 1.95 bits per heavy atom. The molecule has 0 radical (unpaired) electrons. The Hall–Kier alpha value is -1.44. The minimum atomic E-state index is 0.216. The van der Waals surface area contributed by atoms with Gasteiger partial charge in [-0.25, -0.2) is 0 Å². The molecule has 0 aliphatic rings. The molecule has 2 heteroatoms. The van der Waals surface area contributed by atoms with Crippen molar-refractivity contribution in [3.8, 4) is 5.75 Å². The van der Waals surface area contributed by atoms with Gasteiger partial charge < -0.3 is 9.30 Å². The Morgan fingerprint density at radius 3 is 2.63 bits per heavy atom. The Labute approximate surface area is 116 Å². The Balaban J connectivity index is 2.28. The largest absolute Gasteiger partial charge is 0.490 e. The van der Waals surface area contributed by atoms with Gasteiger partial charge >= 0.3 is 0 Å². The van der Waals surface area contributed by atoms with Crippen LogP contribution in [0.3, 0.4) is 0 Å². The molecule has 0 amide bonds. The van der Waals surface area contributed by atoms with Gasteiger partial charge in [0.1, 0.15) is 5.75 Å². The molecular formula is C17H25NO. The van der Waals surface area contributed by atoms with E-state index in [0.29, 0.717) is 0 Å². The highest BCUT2D eigenvalue weighted by Crippen LogP contribution is 2.28. The lowest BCUT2D eigenvalue weighted by atomic mass is 10.1. The minimum absolute atomic E-state index is 0.216. The fourth-order valence-electron chi connectivity index (χ4n) is 2.63. The van der Waals surface area contributed by atoms with Gasteiger partial charge in [0.05, 0.1) is 11.6 Å². The highest BCUT2D eigenvalue weighted by atomic mass is 16.5. The first-order valence-electron chi connectivity index (χ1n) is 7.36. The van der Waals surface area contributed by atoms with Gasteiger partial charge in [0.15, 0.2) is 0 Å².